The van der Waals surface area contributed by atoms with Gasteiger partial charge in [0, 0.05) is 0 Å². The predicted molar refractivity (Wildman–Crippen MR) is 42.6 cm³/mol. The van der Waals surface area contributed by atoms with Crippen LogP contribution in [0.4, 0.5) is 0 Å². The topological polar surface area (TPSA) is 26.0 Å². The Bertz CT molecular complexity index is 140. The van der Waals surface area contributed by atoms with Gasteiger partial charge in [-0.2, -0.15) is 0 Å². The summed E-state index contributed by atoms with van der Waals surface area (Å²) >= 11 is 0. The lowest BCUT2D eigenvalue weighted by Crippen LogP contribution is -2.08. The largest absolute Gasteiger partial charge is 0.330 e. The molecule has 0 heterocycles. The average Bonchev–Trinajstić information content (AvgIpc) is 2.73. The number of nitrogens with two attached hydrogens (primary N) is 1. The van der Waals surface area contributed by atoms with Crippen molar-refractivity contribution >= 4 is 0 Å². The zero-order valence-corrected chi connectivity index (χ0v) is 6.77. The van der Waals surface area contributed by atoms with E-state index in [-0.39, 0.29) is 0 Å². The molecule has 2 unspecified atom stereocenters. The number of hydrogen-bond acceptors (Lipinski definition) is 1. The van der Waals surface area contributed by atoms with E-state index < -0.39 is 0 Å². The van der Waals surface area contributed by atoms with Gasteiger partial charge in [0.25, 0.3) is 0 Å². The van der Waals surface area contributed by atoms with E-state index >= 15 is 0 Å². The van der Waals surface area contributed by atoms with E-state index in [4.69, 9.17) is 5.73 Å². The van der Waals surface area contributed by atoms with Crippen LogP contribution in [0.1, 0.15) is 32.6 Å². The molecule has 1 heteroatoms. The number of hydrogen-bond donors (Lipinski definition) is 1. The van der Waals surface area contributed by atoms with Gasteiger partial charge in [-0.05, 0) is 36.6 Å². The first-order chi connectivity index (χ1) is 4.74. The standard InChI is InChI=1S/C9H17N/c1-9(4-7-2-3-7)5-8(9)6-10/h7-8H,2-6,10H2,1H3. The molecule has 2 fully saturated rings. The average molecular weight is 139 g/mol. The molecule has 1 nitrogen and oxygen atoms in total. The van der Waals surface area contributed by atoms with Gasteiger partial charge >= 0.3 is 0 Å². The van der Waals surface area contributed by atoms with Gasteiger partial charge in [0.1, 0.15) is 0 Å². The summed E-state index contributed by atoms with van der Waals surface area (Å²) in [4.78, 5) is 0. The van der Waals surface area contributed by atoms with Crippen molar-refractivity contribution in [1.29, 1.82) is 0 Å². The van der Waals surface area contributed by atoms with E-state index in [1.807, 2.05) is 0 Å². The van der Waals surface area contributed by atoms with E-state index in [1.165, 1.54) is 25.7 Å². The zero-order valence-electron chi connectivity index (χ0n) is 6.77. The van der Waals surface area contributed by atoms with E-state index in [1.54, 1.807) is 0 Å². The Morgan fingerprint density at radius 2 is 2.20 bits per heavy atom. The highest BCUT2D eigenvalue weighted by Crippen LogP contribution is 2.58. The number of rotatable bonds is 3. The van der Waals surface area contributed by atoms with Crippen molar-refractivity contribution in [2.45, 2.75) is 32.6 Å². The molecular formula is C9H17N. The van der Waals surface area contributed by atoms with Gasteiger partial charge in [-0.1, -0.05) is 19.8 Å². The molecule has 0 aromatic rings. The minimum absolute atomic E-state index is 0.677. The highest BCUT2D eigenvalue weighted by atomic mass is 14.7. The van der Waals surface area contributed by atoms with Gasteiger partial charge in [0.15, 0.2) is 0 Å². The normalized spacial score (nSPS) is 45.6. The van der Waals surface area contributed by atoms with E-state index in [0.29, 0.717) is 5.41 Å². The van der Waals surface area contributed by atoms with E-state index in [9.17, 15) is 0 Å². The van der Waals surface area contributed by atoms with Gasteiger partial charge < -0.3 is 5.73 Å². The summed E-state index contributed by atoms with van der Waals surface area (Å²) < 4.78 is 0. The summed E-state index contributed by atoms with van der Waals surface area (Å²) in [5, 5.41) is 0. The molecule has 0 saturated heterocycles. The SMILES string of the molecule is CC1(CC2CC2)CC1CN. The maximum Gasteiger partial charge on any atom is -0.00434 e. The lowest BCUT2D eigenvalue weighted by atomic mass is 9.99. The summed E-state index contributed by atoms with van der Waals surface area (Å²) in [5.74, 6) is 1.95. The fourth-order valence-corrected chi connectivity index (χ4v) is 2.10. The molecule has 2 N–H and O–H groups in total. The predicted octanol–water partition coefficient (Wildman–Crippen LogP) is 1.77. The summed E-state index contributed by atoms with van der Waals surface area (Å²) in [5.41, 5.74) is 6.28. The molecule has 0 aromatic heterocycles. The fraction of sp³-hybridized carbons (Fsp3) is 1.00. The van der Waals surface area contributed by atoms with Crippen molar-refractivity contribution < 1.29 is 0 Å². The second-order valence-corrected chi connectivity index (χ2v) is 4.44. The van der Waals surface area contributed by atoms with E-state index in [0.717, 1.165) is 18.4 Å². The molecular weight excluding hydrogens is 122 g/mol. The van der Waals surface area contributed by atoms with Crippen LogP contribution in [0.15, 0.2) is 0 Å². The Kier molecular flexibility index (Phi) is 1.31. The highest BCUT2D eigenvalue weighted by molar-refractivity contribution is 5.01. The van der Waals surface area contributed by atoms with Crippen LogP contribution in [0.2, 0.25) is 0 Å². The van der Waals surface area contributed by atoms with E-state index in [2.05, 4.69) is 6.92 Å². The van der Waals surface area contributed by atoms with Gasteiger partial charge in [0.2, 0.25) is 0 Å². The molecule has 0 spiro atoms. The fourth-order valence-electron chi connectivity index (χ4n) is 2.10. The lowest BCUT2D eigenvalue weighted by Gasteiger charge is -2.07. The van der Waals surface area contributed by atoms with Crippen molar-refractivity contribution in [1.82, 2.24) is 0 Å². The first-order valence-electron chi connectivity index (χ1n) is 4.45. The zero-order chi connectivity index (χ0) is 7.19. The Hall–Kier alpha value is -0.0400. The van der Waals surface area contributed by atoms with Crippen LogP contribution >= 0.6 is 0 Å². The minimum atomic E-state index is 0.677. The molecule has 0 aromatic carbocycles. The second kappa shape index (κ2) is 1.97. The summed E-state index contributed by atoms with van der Waals surface area (Å²) in [6.07, 6.45) is 5.86. The Morgan fingerprint density at radius 3 is 2.60 bits per heavy atom. The molecule has 0 aliphatic heterocycles. The summed E-state index contributed by atoms with van der Waals surface area (Å²) in [7, 11) is 0. The van der Waals surface area contributed by atoms with Crippen molar-refractivity contribution in [3.63, 3.8) is 0 Å². The van der Waals surface area contributed by atoms with Crippen LogP contribution in [0.3, 0.4) is 0 Å². The first kappa shape index (κ1) is 6.66. The van der Waals surface area contributed by atoms with Gasteiger partial charge in [-0.15, -0.1) is 0 Å². The van der Waals surface area contributed by atoms with Crippen molar-refractivity contribution in [2.75, 3.05) is 6.54 Å². The summed E-state index contributed by atoms with van der Waals surface area (Å²) in [6.45, 7) is 3.33. The van der Waals surface area contributed by atoms with Crippen LogP contribution in [0, 0.1) is 17.3 Å². The maximum absolute atomic E-state index is 5.61. The molecule has 0 amide bonds. The highest BCUT2D eigenvalue weighted by Gasteiger charge is 2.50. The molecule has 10 heavy (non-hydrogen) atoms. The Balaban J connectivity index is 1.81. The quantitative estimate of drug-likeness (QED) is 0.633. The molecule has 2 aliphatic rings. The van der Waals surface area contributed by atoms with Crippen molar-refractivity contribution in [2.24, 2.45) is 23.0 Å². The molecule has 2 rings (SSSR count). The Morgan fingerprint density at radius 1 is 1.50 bits per heavy atom. The first-order valence-corrected chi connectivity index (χ1v) is 4.45. The third-order valence-electron chi connectivity index (χ3n) is 3.27. The smallest absolute Gasteiger partial charge is 0.00434 e. The third-order valence-corrected chi connectivity index (χ3v) is 3.27. The van der Waals surface area contributed by atoms with Crippen LogP contribution in [-0.2, 0) is 0 Å². The molecule has 2 aliphatic carbocycles. The lowest BCUT2D eigenvalue weighted by molar-refractivity contribution is 0.434. The molecule has 2 saturated carbocycles. The van der Waals surface area contributed by atoms with Crippen LogP contribution in [-0.4, -0.2) is 6.54 Å². The van der Waals surface area contributed by atoms with Crippen LogP contribution < -0.4 is 5.73 Å². The molecule has 2 atom stereocenters. The van der Waals surface area contributed by atoms with Gasteiger partial charge in [-0.3, -0.25) is 0 Å². The van der Waals surface area contributed by atoms with Crippen molar-refractivity contribution in [3.8, 4) is 0 Å². The summed E-state index contributed by atoms with van der Waals surface area (Å²) in [6, 6.07) is 0. The molecule has 58 valence electrons. The second-order valence-electron chi connectivity index (χ2n) is 4.44. The molecule has 0 radical (unpaired) electrons. The Labute approximate surface area is 63.0 Å². The molecule has 0 bridgehead atoms. The third kappa shape index (κ3) is 1.07. The van der Waals surface area contributed by atoms with Gasteiger partial charge in [-0.25, -0.2) is 0 Å². The monoisotopic (exact) mass is 139 g/mol. The van der Waals surface area contributed by atoms with Crippen LogP contribution in [0.25, 0.3) is 0 Å². The van der Waals surface area contributed by atoms with Crippen molar-refractivity contribution in [3.05, 3.63) is 0 Å². The van der Waals surface area contributed by atoms with Crippen LogP contribution in [0.5, 0.6) is 0 Å². The minimum Gasteiger partial charge on any atom is -0.330 e. The van der Waals surface area contributed by atoms with Gasteiger partial charge in [0.05, 0.1) is 0 Å². The maximum atomic E-state index is 5.61.